The molecule has 16 nitrogen and oxygen atoms in total. The summed E-state index contributed by atoms with van der Waals surface area (Å²) in [4.78, 5) is 33.6. The first-order valence-corrected chi connectivity index (χ1v) is 19.7. The minimum atomic E-state index is -4.35. The molecule has 2 aliphatic heterocycles. The van der Waals surface area contributed by atoms with E-state index in [1.54, 1.807) is 51.8 Å². The average Bonchev–Trinajstić information content (AvgIpc) is 3.83. The molecule has 2 aromatic heterocycles. The van der Waals surface area contributed by atoms with Crippen LogP contribution in [0.3, 0.4) is 0 Å². The summed E-state index contributed by atoms with van der Waals surface area (Å²) < 4.78 is 69.1. The van der Waals surface area contributed by atoms with Crippen molar-refractivity contribution >= 4 is 48.0 Å². The second-order valence-corrected chi connectivity index (χ2v) is 16.9. The summed E-state index contributed by atoms with van der Waals surface area (Å²) in [6.45, 7) is 12.9. The standard InChI is InChI=1S/C34H52ClN4O12P/c1-10-44-30(40)34(20-43-9,52(42,46-11-2)47-12-3)45-19-24-26-27(50-33(7,8)49-26)29(48-24)39-28-22(18-36-39)23(17-25(35)37-28)38(21-15-13-14-16-21)31(41)51-32(4,5)6/h17-18,21,24,26-27,29H,10-16,19-20H2,1-9H3/t24-,26-,27-,29-,34+/m1/s1. The van der Waals surface area contributed by atoms with Crippen molar-refractivity contribution in [3.8, 4) is 0 Å². The summed E-state index contributed by atoms with van der Waals surface area (Å²) in [6.07, 6.45) is 1.39. The number of rotatable bonds is 15. The maximum atomic E-state index is 14.3. The van der Waals surface area contributed by atoms with Gasteiger partial charge in [-0.3, -0.25) is 9.46 Å². The first-order valence-electron chi connectivity index (χ1n) is 17.8. The Hall–Kier alpha value is -2.40. The number of pyridine rings is 1. The summed E-state index contributed by atoms with van der Waals surface area (Å²) in [7, 11) is -3.02. The lowest BCUT2D eigenvalue weighted by atomic mass is 10.1. The third kappa shape index (κ3) is 8.15. The fraction of sp³-hybridized carbons (Fsp3) is 0.765. The zero-order chi connectivity index (χ0) is 38.1. The molecule has 1 aliphatic carbocycles. The van der Waals surface area contributed by atoms with Gasteiger partial charge in [0.25, 0.3) is 5.34 Å². The van der Waals surface area contributed by atoms with Crippen molar-refractivity contribution < 1.29 is 56.4 Å². The Morgan fingerprint density at radius 3 is 2.33 bits per heavy atom. The maximum Gasteiger partial charge on any atom is 0.415 e. The van der Waals surface area contributed by atoms with Gasteiger partial charge in [0.15, 0.2) is 17.7 Å². The molecular weight excluding hydrogens is 723 g/mol. The number of esters is 1. The Bertz CT molecular complexity index is 1620. The number of hydrogen-bond acceptors (Lipinski definition) is 14. The van der Waals surface area contributed by atoms with Crippen molar-refractivity contribution in [1.29, 1.82) is 0 Å². The summed E-state index contributed by atoms with van der Waals surface area (Å²) in [5.41, 5.74) is 0.129. The Morgan fingerprint density at radius 1 is 1.08 bits per heavy atom. The van der Waals surface area contributed by atoms with E-state index in [1.165, 1.54) is 11.8 Å². The van der Waals surface area contributed by atoms with Crippen molar-refractivity contribution in [2.45, 2.75) is 128 Å². The van der Waals surface area contributed by atoms with Gasteiger partial charge in [-0.1, -0.05) is 24.4 Å². The molecule has 2 saturated heterocycles. The number of amides is 1. The summed E-state index contributed by atoms with van der Waals surface area (Å²) >= 11 is 6.66. The number of halogens is 1. The smallest absolute Gasteiger partial charge is 0.415 e. The number of nitrogens with zero attached hydrogens (tertiary/aromatic N) is 4. The van der Waals surface area contributed by atoms with Gasteiger partial charge in [-0.25, -0.2) is 19.3 Å². The molecule has 0 bridgehead atoms. The average molecular weight is 775 g/mol. The first-order chi connectivity index (χ1) is 24.5. The second-order valence-electron chi connectivity index (χ2n) is 14.3. The van der Waals surface area contributed by atoms with Gasteiger partial charge in [0.05, 0.1) is 50.3 Å². The van der Waals surface area contributed by atoms with Gasteiger partial charge >= 0.3 is 19.7 Å². The molecule has 3 aliphatic rings. The number of carbonyl (C=O) groups is 2. The molecule has 4 heterocycles. The molecule has 0 radical (unpaired) electrons. The summed E-state index contributed by atoms with van der Waals surface area (Å²) in [6, 6.07) is 1.54. The lowest BCUT2D eigenvalue weighted by molar-refractivity contribution is -0.210. The van der Waals surface area contributed by atoms with Crippen molar-refractivity contribution in [3.05, 3.63) is 17.4 Å². The number of methoxy groups -OCH3 is 1. The minimum absolute atomic E-state index is 0.0280. The number of carbonyl (C=O) groups excluding carboxylic acids is 2. The molecular formula is C34H52ClN4O12P. The van der Waals surface area contributed by atoms with Crippen LogP contribution in [0.1, 0.15) is 87.3 Å². The predicted octanol–water partition coefficient (Wildman–Crippen LogP) is 6.37. The molecule has 5 atom stereocenters. The molecule has 3 fully saturated rings. The van der Waals surface area contributed by atoms with Crippen LogP contribution in [-0.4, -0.2) is 108 Å². The first kappa shape index (κ1) is 40.8. The highest BCUT2D eigenvalue weighted by Crippen LogP contribution is 2.61. The van der Waals surface area contributed by atoms with E-state index < -0.39 is 67.5 Å². The summed E-state index contributed by atoms with van der Waals surface area (Å²) in [5, 5.41) is 3.08. The highest BCUT2D eigenvalue weighted by Gasteiger charge is 2.63. The molecule has 0 spiro atoms. The van der Waals surface area contributed by atoms with Crippen LogP contribution < -0.4 is 4.90 Å². The largest absolute Gasteiger partial charge is 0.463 e. The van der Waals surface area contributed by atoms with Gasteiger partial charge in [0, 0.05) is 19.2 Å². The van der Waals surface area contributed by atoms with Crippen LogP contribution in [0.5, 0.6) is 0 Å². The van der Waals surface area contributed by atoms with E-state index in [2.05, 4.69) is 10.1 Å². The molecule has 0 N–H and O–H groups in total. The zero-order valence-electron chi connectivity index (χ0n) is 31.4. The van der Waals surface area contributed by atoms with Gasteiger partial charge in [0.1, 0.15) is 29.1 Å². The van der Waals surface area contributed by atoms with E-state index in [0.717, 1.165) is 25.7 Å². The number of aromatic nitrogens is 3. The molecule has 0 unspecified atom stereocenters. The monoisotopic (exact) mass is 774 g/mol. The van der Waals surface area contributed by atoms with E-state index >= 15 is 0 Å². The molecule has 0 aromatic carbocycles. The van der Waals surface area contributed by atoms with E-state index in [4.69, 9.17) is 53.8 Å². The number of ether oxygens (including phenoxy) is 7. The quantitative estimate of drug-likeness (QED) is 0.111. The maximum absolute atomic E-state index is 14.3. The van der Waals surface area contributed by atoms with Crippen LogP contribution >= 0.6 is 19.2 Å². The van der Waals surface area contributed by atoms with E-state index in [0.29, 0.717) is 16.7 Å². The van der Waals surface area contributed by atoms with Gasteiger partial charge < -0.3 is 42.2 Å². The van der Waals surface area contributed by atoms with Crippen LogP contribution in [0.4, 0.5) is 10.5 Å². The summed E-state index contributed by atoms with van der Waals surface area (Å²) in [5.74, 6) is -2.01. The third-order valence-corrected chi connectivity index (χ3v) is 11.6. The molecule has 1 saturated carbocycles. The molecule has 52 heavy (non-hydrogen) atoms. The normalized spacial score (nSPS) is 24.6. The number of hydrogen-bond donors (Lipinski definition) is 0. The number of anilines is 1. The fourth-order valence-corrected chi connectivity index (χ4v) is 9.10. The highest BCUT2D eigenvalue weighted by molar-refractivity contribution is 7.56. The molecule has 2 aromatic rings. The fourth-order valence-electron chi connectivity index (χ4n) is 6.94. The Kier molecular flexibility index (Phi) is 12.7. The van der Waals surface area contributed by atoms with Crippen molar-refractivity contribution in [2.75, 3.05) is 45.0 Å². The van der Waals surface area contributed by atoms with Gasteiger partial charge in [0.2, 0.25) is 0 Å². The van der Waals surface area contributed by atoms with Crippen molar-refractivity contribution in [1.82, 2.24) is 14.8 Å². The van der Waals surface area contributed by atoms with Crippen LogP contribution in [0, 0.1) is 0 Å². The van der Waals surface area contributed by atoms with Crippen LogP contribution in [0.2, 0.25) is 5.15 Å². The molecule has 292 valence electrons. The van der Waals surface area contributed by atoms with Gasteiger partial charge in [-0.05, 0) is 68.2 Å². The SMILES string of the molecule is CCOC(=O)[C@@](COC)(OC[C@H]1O[C@@H](n2ncc3c(N(C(=O)OC(C)(C)C)C4CCCC4)cc(Cl)nc32)[C@@H]2OC(C)(C)O[C@@H]21)P(=O)(OCC)OCC. The van der Waals surface area contributed by atoms with E-state index in [1.807, 2.05) is 20.8 Å². The van der Waals surface area contributed by atoms with E-state index in [-0.39, 0.29) is 37.6 Å². The third-order valence-electron chi connectivity index (χ3n) is 8.88. The van der Waals surface area contributed by atoms with Gasteiger partial charge in [-0.15, -0.1) is 0 Å². The molecule has 1 amide bonds. The Labute approximate surface area is 309 Å². The van der Waals surface area contributed by atoms with Crippen LogP contribution in [0.15, 0.2) is 12.3 Å². The topological polar surface area (TPSA) is 168 Å². The zero-order valence-corrected chi connectivity index (χ0v) is 33.1. The number of fused-ring (bicyclic) bond motifs is 2. The highest BCUT2D eigenvalue weighted by atomic mass is 35.5. The second kappa shape index (κ2) is 16.1. The lowest BCUT2D eigenvalue weighted by Gasteiger charge is -2.36. The van der Waals surface area contributed by atoms with E-state index in [9.17, 15) is 14.2 Å². The van der Waals surface area contributed by atoms with Crippen molar-refractivity contribution in [3.63, 3.8) is 0 Å². The van der Waals surface area contributed by atoms with Crippen molar-refractivity contribution in [2.24, 2.45) is 0 Å². The van der Waals surface area contributed by atoms with Crippen LogP contribution in [0.25, 0.3) is 11.0 Å². The lowest BCUT2D eigenvalue weighted by Crippen LogP contribution is -2.50. The van der Waals surface area contributed by atoms with Crippen LogP contribution in [-0.2, 0) is 51.6 Å². The van der Waals surface area contributed by atoms with Gasteiger partial charge in [-0.2, -0.15) is 5.10 Å². The minimum Gasteiger partial charge on any atom is -0.463 e. The molecule has 18 heteroatoms. The Balaban J connectivity index is 1.53. The Morgan fingerprint density at radius 2 is 1.73 bits per heavy atom. The predicted molar refractivity (Wildman–Crippen MR) is 189 cm³/mol. The molecule has 5 rings (SSSR count).